The summed E-state index contributed by atoms with van der Waals surface area (Å²) in [5.41, 5.74) is 0. The van der Waals surface area contributed by atoms with Gasteiger partial charge in [0, 0.05) is 19.6 Å². The number of nitrogens with one attached hydrogen (secondary N) is 2. The molecule has 0 radical (unpaired) electrons. The van der Waals surface area contributed by atoms with E-state index in [1.807, 2.05) is 0 Å². The van der Waals surface area contributed by atoms with Gasteiger partial charge in [0.25, 0.3) is 0 Å². The Bertz CT molecular complexity index is 705. The third-order valence-electron chi connectivity index (χ3n) is 3.97. The minimum atomic E-state index is -3.68. The van der Waals surface area contributed by atoms with E-state index in [4.69, 9.17) is 0 Å². The van der Waals surface area contributed by atoms with Gasteiger partial charge in [-0.05, 0) is 38.1 Å². The Labute approximate surface area is 150 Å². The van der Waals surface area contributed by atoms with Crippen molar-refractivity contribution in [2.75, 3.05) is 32.4 Å². The lowest BCUT2D eigenvalue weighted by Crippen LogP contribution is -2.45. The smallest absolute Gasteiger partial charge is 0.240 e. The first kappa shape index (κ1) is 21.3. The largest absolute Gasteiger partial charge is 0.317 e. The molecule has 1 aliphatic heterocycles. The van der Waals surface area contributed by atoms with Crippen LogP contribution in [0.4, 0.5) is 0 Å². The molecule has 2 N–H and O–H groups in total. The van der Waals surface area contributed by atoms with Crippen molar-refractivity contribution in [3.05, 3.63) is 30.3 Å². The summed E-state index contributed by atoms with van der Waals surface area (Å²) in [6.45, 7) is 1.45. The molecule has 0 aromatic heterocycles. The molecule has 0 unspecified atom stereocenters. The summed E-state index contributed by atoms with van der Waals surface area (Å²) >= 11 is 0. The maximum Gasteiger partial charge on any atom is 0.240 e. The minimum absolute atomic E-state index is 0. The number of hydrogen-bond acceptors (Lipinski definition) is 5. The van der Waals surface area contributed by atoms with Gasteiger partial charge in [-0.3, -0.25) is 0 Å². The fourth-order valence-electron chi connectivity index (χ4n) is 2.53. The first-order valence-electron chi connectivity index (χ1n) is 7.54. The van der Waals surface area contributed by atoms with Gasteiger partial charge in [-0.1, -0.05) is 18.2 Å². The second-order valence-corrected chi connectivity index (χ2v) is 9.44. The monoisotopic (exact) mass is 397 g/mol. The van der Waals surface area contributed by atoms with E-state index in [-0.39, 0.29) is 35.6 Å². The number of rotatable bonds is 7. The van der Waals surface area contributed by atoms with E-state index in [1.54, 1.807) is 25.2 Å². The van der Waals surface area contributed by atoms with Crippen molar-refractivity contribution < 1.29 is 16.8 Å². The molecule has 1 aromatic rings. The van der Waals surface area contributed by atoms with E-state index in [0.717, 1.165) is 25.9 Å². The molecule has 0 atom stereocenters. The molecule has 0 bridgehead atoms. The standard InChI is InChI=1S/C14H23N3O4S2.ClH/c1-17(13-7-9-15-10-8-13)22(18,19)12-11-16-23(20,21)14-5-3-2-4-6-14;/h2-6,13,15-16H,7-12H2,1H3;1H. The molecule has 7 nitrogen and oxygen atoms in total. The van der Waals surface area contributed by atoms with Gasteiger partial charge in [-0.25, -0.2) is 25.9 Å². The topological polar surface area (TPSA) is 95.6 Å². The van der Waals surface area contributed by atoms with Gasteiger partial charge in [0.05, 0.1) is 10.6 Å². The summed E-state index contributed by atoms with van der Waals surface area (Å²) in [6.07, 6.45) is 1.54. The highest BCUT2D eigenvalue weighted by atomic mass is 35.5. The quantitative estimate of drug-likeness (QED) is 0.694. The van der Waals surface area contributed by atoms with Gasteiger partial charge in [-0.2, -0.15) is 0 Å². The predicted molar refractivity (Wildman–Crippen MR) is 96.3 cm³/mol. The summed E-state index contributed by atoms with van der Waals surface area (Å²) in [7, 11) is -5.60. The van der Waals surface area contributed by atoms with E-state index in [9.17, 15) is 16.8 Å². The van der Waals surface area contributed by atoms with Crippen molar-refractivity contribution in [2.24, 2.45) is 0 Å². The number of nitrogens with zero attached hydrogens (tertiary/aromatic N) is 1. The van der Waals surface area contributed by atoms with E-state index in [0.29, 0.717) is 0 Å². The lowest BCUT2D eigenvalue weighted by molar-refractivity contribution is 0.296. The van der Waals surface area contributed by atoms with Gasteiger partial charge in [-0.15, -0.1) is 12.4 Å². The number of piperidine rings is 1. The summed E-state index contributed by atoms with van der Waals surface area (Å²) < 4.78 is 52.5. The molecule has 138 valence electrons. The first-order valence-corrected chi connectivity index (χ1v) is 10.6. The fourth-order valence-corrected chi connectivity index (χ4v) is 5.02. The molecular formula is C14H24ClN3O4S2. The Hall–Kier alpha value is -0.710. The van der Waals surface area contributed by atoms with E-state index in [1.165, 1.54) is 16.4 Å². The van der Waals surface area contributed by atoms with Crippen LogP contribution in [0.1, 0.15) is 12.8 Å². The van der Waals surface area contributed by atoms with Crippen LogP contribution < -0.4 is 10.0 Å². The number of benzene rings is 1. The highest BCUT2D eigenvalue weighted by Crippen LogP contribution is 2.14. The number of hydrogen-bond donors (Lipinski definition) is 2. The second kappa shape index (κ2) is 9.12. The van der Waals surface area contributed by atoms with E-state index >= 15 is 0 Å². The predicted octanol–water partition coefficient (Wildman–Crippen LogP) is 0.400. The van der Waals surface area contributed by atoms with Gasteiger partial charge in [0.15, 0.2) is 0 Å². The molecule has 1 heterocycles. The van der Waals surface area contributed by atoms with Crippen molar-refractivity contribution in [1.82, 2.24) is 14.3 Å². The van der Waals surface area contributed by atoms with Crippen LogP contribution in [0.3, 0.4) is 0 Å². The Morgan fingerprint density at radius 1 is 1.12 bits per heavy atom. The van der Waals surface area contributed by atoms with Crippen LogP contribution in [0.25, 0.3) is 0 Å². The van der Waals surface area contributed by atoms with Gasteiger partial charge < -0.3 is 5.32 Å². The third-order valence-corrected chi connectivity index (χ3v) is 7.34. The van der Waals surface area contributed by atoms with Crippen LogP contribution >= 0.6 is 12.4 Å². The molecule has 24 heavy (non-hydrogen) atoms. The van der Waals surface area contributed by atoms with Crippen LogP contribution in [0.5, 0.6) is 0 Å². The van der Waals surface area contributed by atoms with Gasteiger partial charge in [0.2, 0.25) is 20.0 Å². The average molecular weight is 398 g/mol. The molecule has 0 amide bonds. The summed E-state index contributed by atoms with van der Waals surface area (Å²) in [4.78, 5) is 0.129. The lowest BCUT2D eigenvalue weighted by Gasteiger charge is -2.30. The zero-order valence-electron chi connectivity index (χ0n) is 13.5. The van der Waals surface area contributed by atoms with E-state index < -0.39 is 20.0 Å². The highest BCUT2D eigenvalue weighted by molar-refractivity contribution is 7.90. The normalized spacial score (nSPS) is 16.8. The molecule has 0 saturated carbocycles. The lowest BCUT2D eigenvalue weighted by atomic mass is 10.1. The van der Waals surface area contributed by atoms with Crippen LogP contribution in [0.2, 0.25) is 0 Å². The van der Waals surface area contributed by atoms with Crippen LogP contribution in [0, 0.1) is 0 Å². The molecule has 1 fully saturated rings. The molecule has 0 aliphatic carbocycles. The van der Waals surface area contributed by atoms with Crippen LogP contribution in [-0.2, 0) is 20.0 Å². The summed E-state index contributed by atoms with van der Waals surface area (Å²) in [6, 6.07) is 7.88. The van der Waals surface area contributed by atoms with Crippen molar-refractivity contribution >= 4 is 32.5 Å². The van der Waals surface area contributed by atoms with Crippen molar-refractivity contribution in [2.45, 2.75) is 23.8 Å². The molecular weight excluding hydrogens is 374 g/mol. The van der Waals surface area contributed by atoms with Crippen molar-refractivity contribution in [1.29, 1.82) is 0 Å². The van der Waals surface area contributed by atoms with Crippen LogP contribution in [0.15, 0.2) is 35.2 Å². The molecule has 2 rings (SSSR count). The molecule has 10 heteroatoms. The Kier molecular flexibility index (Phi) is 8.10. The SMILES string of the molecule is CN(C1CCNCC1)S(=O)(=O)CCNS(=O)(=O)c1ccccc1.Cl. The molecule has 1 aliphatic rings. The zero-order chi connectivity index (χ0) is 16.9. The van der Waals surface area contributed by atoms with E-state index in [2.05, 4.69) is 10.0 Å². The van der Waals surface area contributed by atoms with Crippen molar-refractivity contribution in [3.8, 4) is 0 Å². The summed E-state index contributed by atoms with van der Waals surface area (Å²) in [5, 5.41) is 3.19. The van der Waals surface area contributed by atoms with Crippen molar-refractivity contribution in [3.63, 3.8) is 0 Å². The molecule has 0 spiro atoms. The maximum absolute atomic E-state index is 12.3. The Morgan fingerprint density at radius 3 is 2.29 bits per heavy atom. The maximum atomic E-state index is 12.3. The summed E-state index contributed by atoms with van der Waals surface area (Å²) in [5.74, 6) is -0.251. The average Bonchev–Trinajstić information content (AvgIpc) is 2.55. The fraction of sp³-hybridized carbons (Fsp3) is 0.571. The second-order valence-electron chi connectivity index (χ2n) is 5.52. The van der Waals surface area contributed by atoms with Gasteiger partial charge in [0.1, 0.15) is 0 Å². The molecule has 1 aromatic carbocycles. The molecule has 1 saturated heterocycles. The Balaban J connectivity index is 0.00000288. The highest BCUT2D eigenvalue weighted by Gasteiger charge is 2.27. The third kappa shape index (κ3) is 5.68. The Morgan fingerprint density at radius 2 is 1.71 bits per heavy atom. The number of halogens is 1. The van der Waals surface area contributed by atoms with Crippen LogP contribution in [-0.4, -0.2) is 59.6 Å². The minimum Gasteiger partial charge on any atom is -0.317 e. The zero-order valence-corrected chi connectivity index (χ0v) is 16.0. The number of sulfonamides is 2. The first-order chi connectivity index (χ1) is 10.8. The van der Waals surface area contributed by atoms with Gasteiger partial charge >= 0.3 is 0 Å².